The number of nitrogens with zero attached hydrogens (tertiary/aromatic N) is 1. The van der Waals surface area contributed by atoms with Crippen molar-refractivity contribution in [2.75, 3.05) is 0 Å². The Hall–Kier alpha value is -1.44. The first-order valence-corrected chi connectivity index (χ1v) is 7.17. The monoisotopic (exact) mass is 315 g/mol. The predicted octanol–water partition coefficient (Wildman–Crippen LogP) is 3.53. The lowest BCUT2D eigenvalue weighted by Gasteiger charge is -2.14. The maximum atomic E-state index is 12.6. The van der Waals surface area contributed by atoms with E-state index in [1.165, 1.54) is 6.20 Å². The summed E-state index contributed by atoms with van der Waals surface area (Å²) in [5.74, 6) is 5.49. The van der Waals surface area contributed by atoms with E-state index in [9.17, 15) is 13.2 Å². The quantitative estimate of drug-likeness (QED) is 0.670. The summed E-state index contributed by atoms with van der Waals surface area (Å²) < 4.78 is 37.8. The molecule has 0 aliphatic carbocycles. The van der Waals surface area contributed by atoms with Gasteiger partial charge in [0.15, 0.2) is 5.01 Å². The highest BCUT2D eigenvalue weighted by Crippen LogP contribution is 2.35. The summed E-state index contributed by atoms with van der Waals surface area (Å²) in [5.41, 5.74) is 5.82. The SMILES string of the molecule is Cc1cc(C)cc(CC(NN)c2cnc(C(F)(F)F)s2)c1. The number of hydrogen-bond acceptors (Lipinski definition) is 4. The molecule has 3 nitrogen and oxygen atoms in total. The van der Waals surface area contributed by atoms with Crippen LogP contribution in [0.4, 0.5) is 13.2 Å². The zero-order valence-corrected chi connectivity index (χ0v) is 12.5. The number of alkyl halides is 3. The van der Waals surface area contributed by atoms with Crippen LogP contribution in [0, 0.1) is 13.8 Å². The minimum Gasteiger partial charge on any atom is -0.271 e. The van der Waals surface area contributed by atoms with Crippen LogP contribution in [0.15, 0.2) is 24.4 Å². The summed E-state index contributed by atoms with van der Waals surface area (Å²) in [6.45, 7) is 3.96. The highest BCUT2D eigenvalue weighted by Gasteiger charge is 2.35. The summed E-state index contributed by atoms with van der Waals surface area (Å²) in [4.78, 5) is 3.91. The highest BCUT2D eigenvalue weighted by atomic mass is 32.1. The lowest BCUT2D eigenvalue weighted by molar-refractivity contribution is -0.137. The molecule has 0 bridgehead atoms. The fourth-order valence-corrected chi connectivity index (χ4v) is 3.09. The van der Waals surface area contributed by atoms with Crippen molar-refractivity contribution >= 4 is 11.3 Å². The summed E-state index contributed by atoms with van der Waals surface area (Å²) in [6, 6.07) is 5.66. The molecule has 1 aromatic heterocycles. The van der Waals surface area contributed by atoms with Crippen LogP contribution < -0.4 is 11.3 Å². The van der Waals surface area contributed by atoms with E-state index in [1.54, 1.807) is 0 Å². The second-order valence-electron chi connectivity index (χ2n) is 4.98. The number of rotatable bonds is 4. The Kier molecular flexibility index (Phi) is 4.65. The van der Waals surface area contributed by atoms with Gasteiger partial charge < -0.3 is 0 Å². The van der Waals surface area contributed by atoms with Gasteiger partial charge >= 0.3 is 6.18 Å². The number of aryl methyl sites for hydroxylation is 2. The van der Waals surface area contributed by atoms with E-state index in [-0.39, 0.29) is 6.04 Å². The Morgan fingerprint density at radius 3 is 2.33 bits per heavy atom. The maximum absolute atomic E-state index is 12.6. The number of hydrogen-bond donors (Lipinski definition) is 2. The van der Waals surface area contributed by atoms with Crippen molar-refractivity contribution in [3.05, 3.63) is 51.0 Å². The van der Waals surface area contributed by atoms with Crippen LogP contribution in [-0.4, -0.2) is 4.98 Å². The van der Waals surface area contributed by atoms with Crippen molar-refractivity contribution in [2.45, 2.75) is 32.5 Å². The fraction of sp³-hybridized carbons (Fsp3) is 0.357. The number of halogens is 3. The van der Waals surface area contributed by atoms with Crippen LogP contribution in [0.25, 0.3) is 0 Å². The molecule has 3 N–H and O–H groups in total. The van der Waals surface area contributed by atoms with Crippen molar-refractivity contribution in [3.63, 3.8) is 0 Å². The molecule has 0 spiro atoms. The Morgan fingerprint density at radius 1 is 1.24 bits per heavy atom. The van der Waals surface area contributed by atoms with Gasteiger partial charge in [0.25, 0.3) is 0 Å². The van der Waals surface area contributed by atoms with E-state index in [0.29, 0.717) is 22.6 Å². The van der Waals surface area contributed by atoms with Crippen molar-refractivity contribution in [1.82, 2.24) is 10.4 Å². The number of aromatic nitrogens is 1. The van der Waals surface area contributed by atoms with Gasteiger partial charge in [-0.2, -0.15) is 13.2 Å². The molecule has 1 unspecified atom stereocenters. The zero-order valence-electron chi connectivity index (χ0n) is 11.7. The third-order valence-electron chi connectivity index (χ3n) is 3.03. The van der Waals surface area contributed by atoms with E-state index in [4.69, 9.17) is 5.84 Å². The molecule has 0 aliphatic rings. The summed E-state index contributed by atoms with van der Waals surface area (Å²) in [7, 11) is 0. The number of benzene rings is 1. The first-order valence-electron chi connectivity index (χ1n) is 6.36. The fourth-order valence-electron chi connectivity index (χ4n) is 2.24. The molecule has 0 fully saturated rings. The minimum atomic E-state index is -4.41. The molecule has 0 saturated carbocycles. The number of thiazole rings is 1. The Morgan fingerprint density at radius 2 is 1.86 bits per heavy atom. The van der Waals surface area contributed by atoms with E-state index in [2.05, 4.69) is 10.4 Å². The largest absolute Gasteiger partial charge is 0.443 e. The molecule has 1 heterocycles. The number of hydrazine groups is 1. The zero-order chi connectivity index (χ0) is 15.6. The van der Waals surface area contributed by atoms with E-state index in [1.807, 2.05) is 32.0 Å². The van der Waals surface area contributed by atoms with Crippen LogP contribution in [-0.2, 0) is 12.6 Å². The summed E-state index contributed by atoms with van der Waals surface area (Å²) >= 11 is 0.622. The lowest BCUT2D eigenvalue weighted by atomic mass is 10.0. The molecule has 0 radical (unpaired) electrons. The molecule has 1 aromatic carbocycles. The molecule has 2 aromatic rings. The van der Waals surface area contributed by atoms with Crippen molar-refractivity contribution in [2.24, 2.45) is 5.84 Å². The first kappa shape index (κ1) is 15.9. The van der Waals surface area contributed by atoms with E-state index >= 15 is 0 Å². The molecule has 0 aliphatic heterocycles. The molecule has 21 heavy (non-hydrogen) atoms. The van der Waals surface area contributed by atoms with Crippen molar-refractivity contribution in [3.8, 4) is 0 Å². The van der Waals surface area contributed by atoms with Crippen LogP contribution >= 0.6 is 11.3 Å². The smallest absolute Gasteiger partial charge is 0.271 e. The summed E-state index contributed by atoms with van der Waals surface area (Å²) in [5, 5.41) is -0.849. The van der Waals surface area contributed by atoms with Gasteiger partial charge in [-0.25, -0.2) is 4.98 Å². The second-order valence-corrected chi connectivity index (χ2v) is 6.05. The molecule has 114 valence electrons. The third kappa shape index (κ3) is 4.03. The molecule has 1 atom stereocenters. The van der Waals surface area contributed by atoms with Gasteiger partial charge in [-0.15, -0.1) is 11.3 Å². The van der Waals surface area contributed by atoms with Gasteiger partial charge in [0.1, 0.15) is 0 Å². The molecule has 2 rings (SSSR count). The maximum Gasteiger partial charge on any atom is 0.443 e. The van der Waals surface area contributed by atoms with Crippen molar-refractivity contribution < 1.29 is 13.2 Å². The van der Waals surface area contributed by atoms with Gasteiger partial charge in [-0.05, 0) is 25.8 Å². The first-order chi connectivity index (χ1) is 9.79. The standard InChI is InChI=1S/C14H16F3N3S/c1-8-3-9(2)5-10(4-8)6-11(20-18)12-7-19-13(21-12)14(15,16)17/h3-5,7,11,20H,6,18H2,1-2H3. The molecule has 0 amide bonds. The average Bonchev–Trinajstić information content (AvgIpc) is 2.84. The van der Waals surface area contributed by atoms with Crippen LogP contribution in [0.2, 0.25) is 0 Å². The molecular formula is C14H16F3N3S. The average molecular weight is 315 g/mol. The van der Waals surface area contributed by atoms with Gasteiger partial charge in [-0.3, -0.25) is 11.3 Å². The normalized spacial score (nSPS) is 13.4. The lowest BCUT2D eigenvalue weighted by Crippen LogP contribution is -2.29. The number of nitrogens with one attached hydrogen (secondary N) is 1. The summed E-state index contributed by atoms with van der Waals surface area (Å²) in [6.07, 6.45) is -2.67. The third-order valence-corrected chi connectivity index (χ3v) is 4.19. The van der Waals surface area contributed by atoms with Crippen LogP contribution in [0.1, 0.15) is 32.6 Å². The Labute approximate surface area is 125 Å². The Balaban J connectivity index is 2.22. The van der Waals surface area contributed by atoms with E-state index in [0.717, 1.165) is 16.7 Å². The number of nitrogens with two attached hydrogens (primary N) is 1. The van der Waals surface area contributed by atoms with E-state index < -0.39 is 11.2 Å². The van der Waals surface area contributed by atoms with Crippen LogP contribution in [0.3, 0.4) is 0 Å². The Bertz CT molecular complexity index is 602. The minimum absolute atomic E-state index is 0.389. The molecule has 7 heteroatoms. The molecule has 0 saturated heterocycles. The van der Waals surface area contributed by atoms with Gasteiger partial charge in [0.2, 0.25) is 0 Å². The van der Waals surface area contributed by atoms with Gasteiger partial charge in [-0.1, -0.05) is 29.3 Å². The second kappa shape index (κ2) is 6.13. The van der Waals surface area contributed by atoms with Gasteiger partial charge in [0.05, 0.1) is 6.04 Å². The molecular weight excluding hydrogens is 299 g/mol. The predicted molar refractivity (Wildman–Crippen MR) is 76.8 cm³/mol. The highest BCUT2D eigenvalue weighted by molar-refractivity contribution is 7.11. The van der Waals surface area contributed by atoms with Crippen LogP contribution in [0.5, 0.6) is 0 Å². The van der Waals surface area contributed by atoms with Crippen molar-refractivity contribution in [1.29, 1.82) is 0 Å². The van der Waals surface area contributed by atoms with Gasteiger partial charge in [0, 0.05) is 11.1 Å². The topological polar surface area (TPSA) is 50.9 Å².